The van der Waals surface area contributed by atoms with Crippen molar-refractivity contribution in [1.82, 2.24) is 37.2 Å². The highest BCUT2D eigenvalue weighted by molar-refractivity contribution is 5.79. The summed E-state index contributed by atoms with van der Waals surface area (Å²) in [6.45, 7) is 5.90. The Labute approximate surface area is 483 Å². The molecule has 83 heavy (non-hydrogen) atoms. The van der Waals surface area contributed by atoms with Gasteiger partial charge in [0.15, 0.2) is 18.9 Å². The molecule has 0 aliphatic carbocycles. The minimum Gasteiger partial charge on any atom is -0.394 e. The molecule has 3 heterocycles. The van der Waals surface area contributed by atoms with Gasteiger partial charge in [0, 0.05) is 82.3 Å². The number of amides is 6. The minimum absolute atomic E-state index is 0.0635. The van der Waals surface area contributed by atoms with Crippen LogP contribution in [0, 0.1) is 17.8 Å². The predicted molar refractivity (Wildman–Crippen MR) is 288 cm³/mol. The minimum atomic E-state index is -1.26. The first-order chi connectivity index (χ1) is 39.6. The van der Waals surface area contributed by atoms with E-state index < -0.39 is 154 Å². The first-order valence-corrected chi connectivity index (χ1v) is 28.4. The van der Waals surface area contributed by atoms with E-state index in [0.717, 1.165) is 0 Å². The second-order valence-corrected chi connectivity index (χ2v) is 21.3. The van der Waals surface area contributed by atoms with Crippen LogP contribution in [0.3, 0.4) is 0 Å². The number of aliphatic hydroxyl groups is 9. The third-order valence-electron chi connectivity index (χ3n) is 13.8. The molecule has 0 saturated carbocycles. The first kappa shape index (κ1) is 73.3. The highest BCUT2D eigenvalue weighted by atomic mass is 16.7. The van der Waals surface area contributed by atoms with Gasteiger partial charge in [-0.2, -0.15) is 0 Å². The Bertz CT molecular complexity index is 1700. The monoisotopic (exact) mass is 1200 g/mol. The van der Waals surface area contributed by atoms with Gasteiger partial charge in [0.25, 0.3) is 0 Å². The molecule has 3 rings (SSSR count). The molecular weight excluding hydrogens is 1110 g/mol. The number of carbonyl (C=O) groups excluding carboxylic acids is 6. The van der Waals surface area contributed by atoms with E-state index in [2.05, 4.69) is 37.2 Å². The van der Waals surface area contributed by atoms with Crippen LogP contribution in [0.25, 0.3) is 0 Å². The molecule has 3 aliphatic rings. The number of nitrogens with one attached hydrogen (secondary N) is 7. The van der Waals surface area contributed by atoms with Crippen molar-refractivity contribution in [2.45, 2.75) is 159 Å². The zero-order valence-corrected chi connectivity index (χ0v) is 48.4. The van der Waals surface area contributed by atoms with Gasteiger partial charge in [0.2, 0.25) is 35.4 Å². The Kier molecular flexibility index (Phi) is 35.1. The molecule has 3 saturated heterocycles. The summed E-state index contributed by atoms with van der Waals surface area (Å²) in [5.74, 6) is -4.22. The summed E-state index contributed by atoms with van der Waals surface area (Å²) in [5.41, 5.74) is -1.23. The van der Waals surface area contributed by atoms with Gasteiger partial charge in [-0.25, -0.2) is 0 Å². The Morgan fingerprint density at radius 2 is 0.675 bits per heavy atom. The molecule has 0 radical (unpaired) electrons. The van der Waals surface area contributed by atoms with E-state index in [1.807, 2.05) is 13.8 Å². The standard InChI is InChI=1S/C52H95N7O24/c1-30(2)59-52(27-75-24-40(66)56-15-12-53-37(63)9-6-18-78-49-31(3)43(69)46(72)34(21-60)81-49,28-76-25-41(67)57-16-13-54-38(64)10-7-19-79-50-32(4)44(70)47(73)35(22-61)82-50)29-77-26-42(68)58-17-14-55-39(65)11-8-20-80-51-33(5)45(71)48(74)36(23-62)83-51/h30-36,43-51,59-62,69-74H,6-29H2,1-5H3,(H,53,63)(H,54,64)(H,55,65)(H,56,66)(H,57,67)(H,58,68)/t31?,32?,33?,34?,35?,36?,43-,44-,45-,46+,47+,48+,49-,50-,51-,52?/m1/s1. The van der Waals surface area contributed by atoms with Crippen LogP contribution in [0.5, 0.6) is 0 Å². The van der Waals surface area contributed by atoms with Crippen LogP contribution in [-0.4, -0.2) is 285 Å². The number of rotatable bonds is 41. The van der Waals surface area contributed by atoms with Gasteiger partial charge in [0.1, 0.15) is 56.4 Å². The number of ether oxygens (including phenoxy) is 9. The third kappa shape index (κ3) is 26.7. The van der Waals surface area contributed by atoms with Gasteiger partial charge in [-0.1, -0.05) is 34.6 Å². The molecule has 6 unspecified atom stereocenters. The van der Waals surface area contributed by atoms with Crippen LogP contribution in [-0.2, 0) is 71.4 Å². The van der Waals surface area contributed by atoms with Crippen LogP contribution in [0.4, 0.5) is 0 Å². The average molecular weight is 1200 g/mol. The molecule has 0 aromatic heterocycles. The molecule has 15 atom stereocenters. The maximum atomic E-state index is 12.8. The van der Waals surface area contributed by atoms with Crippen LogP contribution in [0.2, 0.25) is 0 Å². The lowest BCUT2D eigenvalue weighted by atomic mass is 9.92. The van der Waals surface area contributed by atoms with Crippen molar-refractivity contribution in [1.29, 1.82) is 0 Å². The fraction of sp³-hybridized carbons (Fsp3) is 0.885. The normalized spacial score (nSPS) is 28.9. The van der Waals surface area contributed by atoms with Gasteiger partial charge >= 0.3 is 0 Å². The maximum absolute atomic E-state index is 12.8. The van der Waals surface area contributed by atoms with Gasteiger partial charge in [-0.3, -0.25) is 28.8 Å². The summed E-state index contributed by atoms with van der Waals surface area (Å²) in [5, 5.41) is 108. The van der Waals surface area contributed by atoms with Crippen LogP contribution < -0.4 is 37.2 Å². The Morgan fingerprint density at radius 3 is 0.916 bits per heavy atom. The number of aliphatic hydroxyl groups excluding tert-OH is 9. The topological polar surface area (TPSA) is 452 Å². The molecular formula is C52H95N7O24. The summed E-state index contributed by atoms with van der Waals surface area (Å²) in [4.78, 5) is 75.8. The largest absolute Gasteiger partial charge is 0.394 e. The van der Waals surface area contributed by atoms with Crippen molar-refractivity contribution in [3.63, 3.8) is 0 Å². The van der Waals surface area contributed by atoms with Gasteiger partial charge in [-0.05, 0) is 19.3 Å². The molecule has 6 amide bonds. The molecule has 0 spiro atoms. The van der Waals surface area contributed by atoms with Crippen LogP contribution in [0.15, 0.2) is 0 Å². The highest BCUT2D eigenvalue weighted by Crippen LogP contribution is 2.29. The smallest absolute Gasteiger partial charge is 0.246 e. The van der Waals surface area contributed by atoms with Gasteiger partial charge in [-0.15, -0.1) is 0 Å². The lowest BCUT2D eigenvalue weighted by Gasteiger charge is -2.40. The first-order valence-electron chi connectivity index (χ1n) is 28.4. The van der Waals surface area contributed by atoms with Crippen molar-refractivity contribution in [3.05, 3.63) is 0 Å². The van der Waals surface area contributed by atoms with Crippen molar-refractivity contribution in [3.8, 4) is 0 Å². The molecule has 0 bridgehead atoms. The van der Waals surface area contributed by atoms with Crippen LogP contribution in [0.1, 0.15) is 73.1 Å². The molecule has 3 fully saturated rings. The SMILES string of the molecule is CC(C)NC(COCC(=O)NCCNC(=O)CCCO[C@@H]1OC(CO)[C@H](O)[C@H](O)C1C)(COCC(=O)NCCNC(=O)CCCO[C@@H]1OC(CO)[C@H](O)[C@H](O)C1C)COCC(=O)NCCNC(=O)CCCO[C@@H]1OC(CO)[C@H](O)[C@H](O)C1C. The Morgan fingerprint density at radius 1 is 0.422 bits per heavy atom. The Hall–Kier alpha value is -3.94. The fourth-order valence-electron chi connectivity index (χ4n) is 9.04. The van der Waals surface area contributed by atoms with Gasteiger partial charge in [0.05, 0.1) is 83.3 Å². The predicted octanol–water partition coefficient (Wildman–Crippen LogP) is -6.91. The molecule has 16 N–H and O–H groups in total. The number of hydrogen-bond donors (Lipinski definition) is 16. The lowest BCUT2D eigenvalue weighted by molar-refractivity contribution is -0.282. The summed E-state index contributed by atoms with van der Waals surface area (Å²) < 4.78 is 51.0. The van der Waals surface area contributed by atoms with E-state index >= 15 is 0 Å². The van der Waals surface area contributed by atoms with E-state index in [9.17, 15) is 74.7 Å². The zero-order valence-electron chi connectivity index (χ0n) is 48.4. The third-order valence-corrected chi connectivity index (χ3v) is 13.8. The molecule has 482 valence electrons. The molecule has 31 nitrogen and oxygen atoms in total. The average Bonchev–Trinajstić information content (AvgIpc) is 3.66. The highest BCUT2D eigenvalue weighted by Gasteiger charge is 2.45. The van der Waals surface area contributed by atoms with Crippen molar-refractivity contribution >= 4 is 35.4 Å². The molecule has 3 aliphatic heterocycles. The van der Waals surface area contributed by atoms with Crippen molar-refractivity contribution < 1.29 is 117 Å². The summed E-state index contributed by atoms with van der Waals surface area (Å²) in [6.07, 6.45) is -11.8. The van der Waals surface area contributed by atoms with E-state index in [4.69, 9.17) is 42.6 Å². The quantitative estimate of drug-likeness (QED) is 0.0253. The van der Waals surface area contributed by atoms with Gasteiger partial charge < -0.3 is 126 Å². The number of carbonyl (C=O) groups is 6. The summed E-state index contributed by atoms with van der Waals surface area (Å²) >= 11 is 0. The summed E-state index contributed by atoms with van der Waals surface area (Å²) in [7, 11) is 0. The van der Waals surface area contributed by atoms with Crippen LogP contribution >= 0.6 is 0 Å². The zero-order chi connectivity index (χ0) is 61.5. The summed E-state index contributed by atoms with van der Waals surface area (Å²) in [6, 6.07) is -0.234. The Balaban J connectivity index is 1.43. The second kappa shape index (κ2) is 39.7. The van der Waals surface area contributed by atoms with Crippen molar-refractivity contribution in [2.24, 2.45) is 17.8 Å². The lowest BCUT2D eigenvalue weighted by Crippen LogP contribution is -2.59. The fourth-order valence-corrected chi connectivity index (χ4v) is 9.04. The number of hydrogen-bond acceptors (Lipinski definition) is 25. The molecule has 0 aromatic rings. The molecule has 31 heteroatoms. The second-order valence-electron chi connectivity index (χ2n) is 21.3. The van der Waals surface area contributed by atoms with E-state index in [1.165, 1.54) is 0 Å². The molecule has 0 aromatic carbocycles. The van der Waals surface area contributed by atoms with E-state index in [1.54, 1.807) is 20.8 Å². The maximum Gasteiger partial charge on any atom is 0.246 e. The van der Waals surface area contributed by atoms with E-state index in [-0.39, 0.29) is 122 Å². The van der Waals surface area contributed by atoms with Crippen molar-refractivity contribution in [2.75, 3.05) is 119 Å². The van der Waals surface area contributed by atoms with E-state index in [0.29, 0.717) is 19.3 Å².